The van der Waals surface area contributed by atoms with Crippen molar-refractivity contribution in [2.24, 2.45) is 4.99 Å². The molecule has 0 saturated carbocycles. The van der Waals surface area contributed by atoms with Gasteiger partial charge in [0.15, 0.2) is 0 Å². The van der Waals surface area contributed by atoms with Crippen LogP contribution in [0.1, 0.15) is 17.2 Å². The van der Waals surface area contributed by atoms with Gasteiger partial charge in [0.2, 0.25) is 0 Å². The lowest BCUT2D eigenvalue weighted by atomic mass is 9.97. The number of nitrogens with zero attached hydrogens (tertiary/aromatic N) is 2. The Morgan fingerprint density at radius 3 is 2.47 bits per heavy atom. The number of para-hydroxylation sites is 1. The Labute approximate surface area is 120 Å². The van der Waals surface area contributed by atoms with Gasteiger partial charge in [0.05, 0.1) is 18.1 Å². The summed E-state index contributed by atoms with van der Waals surface area (Å²) in [6, 6.07) is 19.3. The minimum absolute atomic E-state index is 0. The first kappa shape index (κ1) is 13.6. The molecule has 0 aliphatic carbocycles. The molecule has 0 amide bonds. The molecule has 1 heterocycles. The Morgan fingerprint density at radius 2 is 1.68 bits per heavy atom. The lowest BCUT2D eigenvalue weighted by molar-refractivity contribution is 0.386. The molecular weight excluding hydrogens is 256 g/mol. The Kier molecular flexibility index (Phi) is 4.23. The zero-order valence-corrected chi connectivity index (χ0v) is 11.7. The third-order valence-corrected chi connectivity index (χ3v) is 3.46. The van der Waals surface area contributed by atoms with Gasteiger partial charge in [-0.3, -0.25) is 0 Å². The largest absolute Gasteiger partial charge is 0.358 e. The van der Waals surface area contributed by atoms with Gasteiger partial charge in [0.1, 0.15) is 0 Å². The minimum atomic E-state index is 0. The van der Waals surface area contributed by atoms with E-state index in [0.717, 1.165) is 12.1 Å². The van der Waals surface area contributed by atoms with Crippen molar-refractivity contribution in [3.05, 3.63) is 65.7 Å². The minimum Gasteiger partial charge on any atom is -0.358 e. The highest BCUT2D eigenvalue weighted by molar-refractivity contribution is 5.85. The number of aliphatic imine (C=N–C) groups is 1. The molecule has 1 atom stereocenters. The molecule has 0 saturated heterocycles. The number of halogens is 1. The Balaban J connectivity index is 0.00000133. The fourth-order valence-electron chi connectivity index (χ4n) is 2.42. The Hall–Kier alpha value is -1.80. The van der Waals surface area contributed by atoms with Crippen LogP contribution in [0.5, 0.6) is 0 Å². The molecule has 1 aliphatic rings. The molecule has 0 radical (unpaired) electrons. The molecule has 1 aliphatic heterocycles. The summed E-state index contributed by atoms with van der Waals surface area (Å²) in [7, 11) is 2.09. The van der Waals surface area contributed by atoms with Gasteiger partial charge in [-0.2, -0.15) is 0 Å². The van der Waals surface area contributed by atoms with E-state index in [1.54, 1.807) is 0 Å². The van der Waals surface area contributed by atoms with E-state index < -0.39 is 0 Å². The van der Waals surface area contributed by atoms with Crippen molar-refractivity contribution in [1.82, 2.24) is 4.90 Å². The summed E-state index contributed by atoms with van der Waals surface area (Å²) in [4.78, 5) is 6.73. The van der Waals surface area contributed by atoms with E-state index in [-0.39, 0.29) is 12.4 Å². The maximum Gasteiger partial charge on any atom is 0.0915 e. The molecule has 1 unspecified atom stereocenters. The van der Waals surface area contributed by atoms with Gasteiger partial charge >= 0.3 is 0 Å². The SMILES string of the molecule is CN1C=Nc2ccccc2CC1c1ccccc1.Cl. The van der Waals surface area contributed by atoms with Crippen LogP contribution in [-0.2, 0) is 6.42 Å². The predicted octanol–water partition coefficient (Wildman–Crippen LogP) is 4.00. The van der Waals surface area contributed by atoms with Crippen molar-refractivity contribution in [3.63, 3.8) is 0 Å². The van der Waals surface area contributed by atoms with Gasteiger partial charge in [-0.15, -0.1) is 12.4 Å². The zero-order chi connectivity index (χ0) is 12.4. The van der Waals surface area contributed by atoms with E-state index in [1.165, 1.54) is 11.1 Å². The summed E-state index contributed by atoms with van der Waals surface area (Å²) in [5.41, 5.74) is 3.73. The van der Waals surface area contributed by atoms with Crippen LogP contribution in [0.2, 0.25) is 0 Å². The van der Waals surface area contributed by atoms with Crippen LogP contribution in [0.25, 0.3) is 0 Å². The third-order valence-electron chi connectivity index (χ3n) is 3.46. The topological polar surface area (TPSA) is 15.6 Å². The first-order chi connectivity index (χ1) is 8.84. The van der Waals surface area contributed by atoms with Gasteiger partial charge in [-0.25, -0.2) is 4.99 Å². The molecule has 2 aromatic carbocycles. The molecule has 3 heteroatoms. The van der Waals surface area contributed by atoms with E-state index in [0.29, 0.717) is 6.04 Å². The smallest absolute Gasteiger partial charge is 0.0915 e. The van der Waals surface area contributed by atoms with E-state index in [4.69, 9.17) is 0 Å². The maximum atomic E-state index is 4.54. The maximum absolute atomic E-state index is 4.54. The molecular formula is C16H17ClN2. The first-order valence-corrected chi connectivity index (χ1v) is 6.23. The summed E-state index contributed by atoms with van der Waals surface area (Å²) >= 11 is 0. The summed E-state index contributed by atoms with van der Waals surface area (Å²) in [6.45, 7) is 0. The Bertz CT molecular complexity index is 566. The second-order valence-electron chi connectivity index (χ2n) is 4.67. The average molecular weight is 273 g/mol. The van der Waals surface area contributed by atoms with Crippen molar-refractivity contribution in [1.29, 1.82) is 0 Å². The average Bonchev–Trinajstić information content (AvgIpc) is 2.60. The molecule has 0 fully saturated rings. The van der Waals surface area contributed by atoms with Crippen LogP contribution in [0.3, 0.4) is 0 Å². The molecule has 2 nitrogen and oxygen atoms in total. The second-order valence-corrected chi connectivity index (χ2v) is 4.67. The van der Waals surface area contributed by atoms with Crippen molar-refractivity contribution >= 4 is 24.4 Å². The zero-order valence-electron chi connectivity index (χ0n) is 10.9. The molecule has 0 N–H and O–H groups in total. The second kappa shape index (κ2) is 5.89. The van der Waals surface area contributed by atoms with E-state index in [9.17, 15) is 0 Å². The monoisotopic (exact) mass is 272 g/mol. The number of hydrogen-bond donors (Lipinski definition) is 0. The quantitative estimate of drug-likeness (QED) is 0.766. The summed E-state index contributed by atoms with van der Waals surface area (Å²) in [6.07, 6.45) is 2.93. The van der Waals surface area contributed by atoms with Crippen LogP contribution >= 0.6 is 12.4 Å². The number of hydrogen-bond acceptors (Lipinski definition) is 2. The predicted molar refractivity (Wildman–Crippen MR) is 82.5 cm³/mol. The molecule has 0 aromatic heterocycles. The van der Waals surface area contributed by atoms with Gasteiger partial charge in [0.25, 0.3) is 0 Å². The van der Waals surface area contributed by atoms with Crippen molar-refractivity contribution in [3.8, 4) is 0 Å². The molecule has 98 valence electrons. The van der Waals surface area contributed by atoms with Crippen LogP contribution in [0, 0.1) is 0 Å². The van der Waals surface area contributed by atoms with Crippen molar-refractivity contribution in [2.45, 2.75) is 12.5 Å². The van der Waals surface area contributed by atoms with Crippen molar-refractivity contribution < 1.29 is 0 Å². The number of likely N-dealkylation sites (N-methyl/N-ethyl adjacent to an activating group) is 1. The number of benzene rings is 2. The van der Waals surface area contributed by atoms with Crippen molar-refractivity contribution in [2.75, 3.05) is 7.05 Å². The summed E-state index contributed by atoms with van der Waals surface area (Å²) < 4.78 is 0. The summed E-state index contributed by atoms with van der Waals surface area (Å²) in [5, 5.41) is 0. The number of rotatable bonds is 1. The third kappa shape index (κ3) is 2.79. The van der Waals surface area contributed by atoms with Crippen LogP contribution in [0.15, 0.2) is 59.6 Å². The molecule has 19 heavy (non-hydrogen) atoms. The highest BCUT2D eigenvalue weighted by atomic mass is 35.5. The highest BCUT2D eigenvalue weighted by Gasteiger charge is 2.19. The number of fused-ring (bicyclic) bond motifs is 1. The highest BCUT2D eigenvalue weighted by Crippen LogP contribution is 2.30. The van der Waals surface area contributed by atoms with E-state index in [1.807, 2.05) is 12.4 Å². The van der Waals surface area contributed by atoms with E-state index >= 15 is 0 Å². The normalized spacial score (nSPS) is 17.3. The van der Waals surface area contributed by atoms with Gasteiger partial charge in [0, 0.05) is 7.05 Å². The fourth-order valence-corrected chi connectivity index (χ4v) is 2.42. The van der Waals surface area contributed by atoms with E-state index in [2.05, 4.69) is 65.5 Å². The van der Waals surface area contributed by atoms with Crippen LogP contribution in [-0.4, -0.2) is 18.3 Å². The molecule has 0 bridgehead atoms. The standard InChI is InChI=1S/C16H16N2.ClH/c1-18-12-17-15-10-6-5-9-14(15)11-16(18)13-7-3-2-4-8-13;/h2-10,12,16H,11H2,1H3;1H. The lowest BCUT2D eigenvalue weighted by Gasteiger charge is -2.25. The van der Waals surface area contributed by atoms with Crippen LogP contribution in [0.4, 0.5) is 5.69 Å². The van der Waals surface area contributed by atoms with Crippen LogP contribution < -0.4 is 0 Å². The van der Waals surface area contributed by atoms with Gasteiger partial charge < -0.3 is 4.90 Å². The Morgan fingerprint density at radius 1 is 1.00 bits per heavy atom. The lowest BCUT2D eigenvalue weighted by Crippen LogP contribution is -2.23. The first-order valence-electron chi connectivity index (χ1n) is 6.23. The van der Waals surface area contributed by atoms with Gasteiger partial charge in [-0.05, 0) is 23.6 Å². The summed E-state index contributed by atoms with van der Waals surface area (Å²) in [5.74, 6) is 0. The van der Waals surface area contributed by atoms with Gasteiger partial charge in [-0.1, -0.05) is 48.5 Å². The molecule has 2 aromatic rings. The fraction of sp³-hybridized carbons (Fsp3) is 0.188. The molecule has 3 rings (SSSR count). The molecule has 0 spiro atoms.